The first-order valence-electron chi connectivity index (χ1n) is 7.98. The van der Waals surface area contributed by atoms with Crippen molar-refractivity contribution in [1.29, 1.82) is 0 Å². The van der Waals surface area contributed by atoms with Crippen LogP contribution in [0, 0.1) is 5.92 Å². The molecule has 2 rings (SSSR count). The Balaban J connectivity index is 1.86. The fourth-order valence-corrected chi connectivity index (χ4v) is 3.22. The standard InChI is InChI=1S/C18H25ClN2O/c1-3-13(2)18(22)21-9-7-15(8-10-21)17(20)12-14-5-4-6-16(19)11-14/h4-6,11,15,17H,2-3,7-10,12,20H2,1H3. The summed E-state index contributed by atoms with van der Waals surface area (Å²) in [6.45, 7) is 7.37. The summed E-state index contributed by atoms with van der Waals surface area (Å²) in [5, 5.41) is 0.753. The highest BCUT2D eigenvalue weighted by molar-refractivity contribution is 6.30. The van der Waals surface area contributed by atoms with Crippen LogP contribution in [0.25, 0.3) is 0 Å². The lowest BCUT2D eigenvalue weighted by Crippen LogP contribution is -2.44. The van der Waals surface area contributed by atoms with Crippen molar-refractivity contribution >= 4 is 17.5 Å². The molecule has 1 aromatic carbocycles. The second kappa shape index (κ2) is 7.80. The molecule has 1 atom stereocenters. The van der Waals surface area contributed by atoms with Crippen molar-refractivity contribution < 1.29 is 4.79 Å². The number of hydrogen-bond donors (Lipinski definition) is 1. The molecule has 3 nitrogen and oxygen atoms in total. The molecule has 0 bridgehead atoms. The number of hydrogen-bond acceptors (Lipinski definition) is 2. The second-order valence-electron chi connectivity index (χ2n) is 6.08. The number of rotatable bonds is 5. The number of piperidine rings is 1. The Kier molecular flexibility index (Phi) is 6.04. The molecule has 1 saturated heterocycles. The highest BCUT2D eigenvalue weighted by atomic mass is 35.5. The average molecular weight is 321 g/mol. The lowest BCUT2D eigenvalue weighted by molar-refractivity contribution is -0.128. The highest BCUT2D eigenvalue weighted by Gasteiger charge is 2.27. The normalized spacial score (nSPS) is 17.3. The summed E-state index contributed by atoms with van der Waals surface area (Å²) in [5.74, 6) is 0.558. The van der Waals surface area contributed by atoms with Gasteiger partial charge in [-0.25, -0.2) is 0 Å². The van der Waals surface area contributed by atoms with Crippen molar-refractivity contribution in [2.45, 2.75) is 38.6 Å². The summed E-state index contributed by atoms with van der Waals surface area (Å²) in [6, 6.07) is 8.00. The summed E-state index contributed by atoms with van der Waals surface area (Å²) >= 11 is 6.02. The molecule has 0 aliphatic carbocycles. The molecule has 1 aliphatic heterocycles. The Bertz CT molecular complexity index is 536. The van der Waals surface area contributed by atoms with E-state index in [1.54, 1.807) is 0 Å². The minimum Gasteiger partial charge on any atom is -0.339 e. The van der Waals surface area contributed by atoms with Gasteiger partial charge in [-0.05, 0) is 49.3 Å². The Labute approximate surface area is 138 Å². The third-order valence-electron chi connectivity index (χ3n) is 4.52. The van der Waals surface area contributed by atoms with E-state index in [1.807, 2.05) is 30.0 Å². The first kappa shape index (κ1) is 17.0. The topological polar surface area (TPSA) is 46.3 Å². The molecule has 4 heteroatoms. The molecule has 0 aromatic heterocycles. The Morgan fingerprint density at radius 2 is 2.14 bits per heavy atom. The van der Waals surface area contributed by atoms with Gasteiger partial charge >= 0.3 is 0 Å². The molecule has 1 unspecified atom stereocenters. The van der Waals surface area contributed by atoms with Crippen molar-refractivity contribution in [2.75, 3.05) is 13.1 Å². The Morgan fingerprint density at radius 3 is 2.73 bits per heavy atom. The van der Waals surface area contributed by atoms with Gasteiger partial charge in [-0.1, -0.05) is 37.2 Å². The highest BCUT2D eigenvalue weighted by Crippen LogP contribution is 2.23. The summed E-state index contributed by atoms with van der Waals surface area (Å²) in [4.78, 5) is 14.0. The fraction of sp³-hybridized carbons (Fsp3) is 0.500. The van der Waals surface area contributed by atoms with E-state index in [2.05, 4.69) is 12.6 Å². The number of amides is 1. The zero-order valence-electron chi connectivity index (χ0n) is 13.2. The largest absolute Gasteiger partial charge is 0.339 e. The Hall–Kier alpha value is -1.32. The smallest absolute Gasteiger partial charge is 0.249 e. The number of halogens is 1. The maximum absolute atomic E-state index is 12.1. The SMILES string of the molecule is C=C(CC)C(=O)N1CCC(C(N)Cc2cccc(Cl)c2)CC1. The molecule has 2 N–H and O–H groups in total. The molecule has 0 radical (unpaired) electrons. The van der Waals surface area contributed by atoms with Crippen LogP contribution in [0.5, 0.6) is 0 Å². The van der Waals surface area contributed by atoms with Gasteiger partial charge in [0, 0.05) is 29.7 Å². The van der Waals surface area contributed by atoms with Gasteiger partial charge in [0.2, 0.25) is 5.91 Å². The molecule has 1 aromatic rings. The van der Waals surface area contributed by atoms with Crippen LogP contribution in [0.1, 0.15) is 31.7 Å². The van der Waals surface area contributed by atoms with Gasteiger partial charge < -0.3 is 10.6 Å². The third-order valence-corrected chi connectivity index (χ3v) is 4.76. The summed E-state index contributed by atoms with van der Waals surface area (Å²) < 4.78 is 0. The zero-order valence-corrected chi connectivity index (χ0v) is 14.0. The van der Waals surface area contributed by atoms with Crippen molar-refractivity contribution in [1.82, 2.24) is 4.90 Å². The van der Waals surface area contributed by atoms with Gasteiger partial charge in [-0.2, -0.15) is 0 Å². The summed E-state index contributed by atoms with van der Waals surface area (Å²) in [5.41, 5.74) is 8.25. The second-order valence-corrected chi connectivity index (χ2v) is 6.52. The molecule has 22 heavy (non-hydrogen) atoms. The lowest BCUT2D eigenvalue weighted by atomic mass is 9.86. The van der Waals surface area contributed by atoms with Crippen LogP contribution < -0.4 is 5.73 Å². The average Bonchev–Trinajstić information content (AvgIpc) is 2.53. The van der Waals surface area contributed by atoms with Crippen LogP contribution in [0.4, 0.5) is 0 Å². The van der Waals surface area contributed by atoms with E-state index in [-0.39, 0.29) is 11.9 Å². The first-order valence-corrected chi connectivity index (χ1v) is 8.36. The lowest BCUT2D eigenvalue weighted by Gasteiger charge is -2.35. The number of nitrogens with zero attached hydrogens (tertiary/aromatic N) is 1. The molecular weight excluding hydrogens is 296 g/mol. The third kappa shape index (κ3) is 4.34. The molecule has 0 saturated carbocycles. The maximum Gasteiger partial charge on any atom is 0.249 e. The van der Waals surface area contributed by atoms with E-state index >= 15 is 0 Å². The fourth-order valence-electron chi connectivity index (χ4n) is 3.01. The van der Waals surface area contributed by atoms with E-state index in [1.165, 1.54) is 5.56 Å². The molecule has 0 spiro atoms. The van der Waals surface area contributed by atoms with Crippen LogP contribution in [0.15, 0.2) is 36.4 Å². The van der Waals surface area contributed by atoms with E-state index in [0.717, 1.165) is 37.4 Å². The zero-order chi connectivity index (χ0) is 16.1. The molecule has 120 valence electrons. The maximum atomic E-state index is 12.1. The number of likely N-dealkylation sites (tertiary alicyclic amines) is 1. The number of nitrogens with two attached hydrogens (primary N) is 1. The van der Waals surface area contributed by atoms with Crippen molar-refractivity contribution in [3.05, 3.63) is 47.0 Å². The number of carbonyl (C=O) groups excluding carboxylic acids is 1. The quantitative estimate of drug-likeness (QED) is 0.845. The minimum atomic E-state index is 0.101. The molecule has 1 heterocycles. The molecule has 1 aliphatic rings. The van der Waals surface area contributed by atoms with Crippen LogP contribution in [0.3, 0.4) is 0 Å². The van der Waals surface area contributed by atoms with E-state index in [0.29, 0.717) is 17.9 Å². The van der Waals surface area contributed by atoms with Gasteiger partial charge in [0.15, 0.2) is 0 Å². The van der Waals surface area contributed by atoms with Gasteiger partial charge in [-0.3, -0.25) is 4.79 Å². The minimum absolute atomic E-state index is 0.101. The van der Waals surface area contributed by atoms with E-state index in [4.69, 9.17) is 17.3 Å². The Morgan fingerprint density at radius 1 is 1.45 bits per heavy atom. The number of carbonyl (C=O) groups is 1. The van der Waals surface area contributed by atoms with Gasteiger partial charge in [0.1, 0.15) is 0 Å². The first-order chi connectivity index (χ1) is 10.5. The predicted molar refractivity (Wildman–Crippen MR) is 91.9 cm³/mol. The molecular formula is C18H25ClN2O. The van der Waals surface area contributed by atoms with Crippen LogP contribution >= 0.6 is 11.6 Å². The van der Waals surface area contributed by atoms with Crippen LogP contribution in [-0.4, -0.2) is 29.9 Å². The van der Waals surface area contributed by atoms with Crippen LogP contribution in [-0.2, 0) is 11.2 Å². The van der Waals surface area contributed by atoms with Crippen molar-refractivity contribution in [2.24, 2.45) is 11.7 Å². The predicted octanol–water partition coefficient (Wildman–Crippen LogP) is 3.41. The van der Waals surface area contributed by atoms with Gasteiger partial charge in [0.25, 0.3) is 0 Å². The van der Waals surface area contributed by atoms with Crippen molar-refractivity contribution in [3.8, 4) is 0 Å². The van der Waals surface area contributed by atoms with E-state index < -0.39 is 0 Å². The summed E-state index contributed by atoms with van der Waals surface area (Å²) in [6.07, 6.45) is 3.48. The van der Waals surface area contributed by atoms with E-state index in [9.17, 15) is 4.79 Å². The van der Waals surface area contributed by atoms with Crippen LogP contribution in [0.2, 0.25) is 5.02 Å². The molecule has 1 fully saturated rings. The molecule has 1 amide bonds. The monoisotopic (exact) mass is 320 g/mol. The van der Waals surface area contributed by atoms with Gasteiger partial charge in [0.05, 0.1) is 0 Å². The van der Waals surface area contributed by atoms with Gasteiger partial charge in [-0.15, -0.1) is 0 Å². The van der Waals surface area contributed by atoms with Crippen molar-refractivity contribution in [3.63, 3.8) is 0 Å². The summed E-state index contributed by atoms with van der Waals surface area (Å²) in [7, 11) is 0. The number of benzene rings is 1.